The summed E-state index contributed by atoms with van der Waals surface area (Å²) in [5, 5.41) is 16.7. The third kappa shape index (κ3) is 5.06. The van der Waals surface area contributed by atoms with Crippen molar-refractivity contribution >= 4 is 23.4 Å². The Labute approximate surface area is 177 Å². The van der Waals surface area contributed by atoms with Gasteiger partial charge in [0.2, 0.25) is 0 Å². The van der Waals surface area contributed by atoms with Gasteiger partial charge in [-0.05, 0) is 79.1 Å². The average Bonchev–Trinajstić information content (AvgIpc) is 2.73. The molecule has 1 aliphatic carbocycles. The van der Waals surface area contributed by atoms with Gasteiger partial charge in [-0.3, -0.25) is 15.0 Å². The molecule has 0 spiro atoms. The third-order valence-electron chi connectivity index (χ3n) is 5.72. The Morgan fingerprint density at radius 3 is 2.47 bits per heavy atom. The number of nitrogens with two attached hydrogens (primary N) is 1. The van der Waals surface area contributed by atoms with Gasteiger partial charge in [-0.2, -0.15) is 0 Å². The van der Waals surface area contributed by atoms with Crippen LogP contribution in [0.3, 0.4) is 0 Å². The summed E-state index contributed by atoms with van der Waals surface area (Å²) in [6.07, 6.45) is 4.45. The van der Waals surface area contributed by atoms with Gasteiger partial charge < -0.3 is 15.7 Å². The lowest BCUT2D eigenvalue weighted by Crippen LogP contribution is -2.32. The van der Waals surface area contributed by atoms with Gasteiger partial charge in [-0.15, -0.1) is 0 Å². The number of carboxylic acids is 1. The molecule has 0 aliphatic heterocycles. The molecule has 2 aromatic carbocycles. The minimum atomic E-state index is -0.768. The first-order chi connectivity index (χ1) is 14.4. The molecule has 1 atom stereocenters. The molecule has 0 heterocycles. The van der Waals surface area contributed by atoms with Crippen LogP contribution in [0.5, 0.6) is 0 Å². The van der Waals surface area contributed by atoms with Crippen molar-refractivity contribution in [1.29, 1.82) is 5.41 Å². The summed E-state index contributed by atoms with van der Waals surface area (Å²) in [5.41, 5.74) is 9.86. The molecule has 2 aromatic rings. The summed E-state index contributed by atoms with van der Waals surface area (Å²) in [6, 6.07) is 13.0. The smallest absolute Gasteiger partial charge is 0.303 e. The highest BCUT2D eigenvalue weighted by Crippen LogP contribution is 2.29. The fourth-order valence-corrected chi connectivity index (χ4v) is 4.03. The summed E-state index contributed by atoms with van der Waals surface area (Å²) in [5.74, 6) is -0.716. The van der Waals surface area contributed by atoms with Gasteiger partial charge in [0.05, 0.1) is 0 Å². The number of amides is 1. The van der Waals surface area contributed by atoms with Gasteiger partial charge >= 0.3 is 5.97 Å². The number of anilines is 1. The number of unbranched alkanes of at least 4 members (excludes halogenated alkanes) is 1. The van der Waals surface area contributed by atoms with Gasteiger partial charge in [0.25, 0.3) is 5.91 Å². The fourth-order valence-electron chi connectivity index (χ4n) is 4.03. The van der Waals surface area contributed by atoms with Gasteiger partial charge in [0.1, 0.15) is 5.84 Å². The van der Waals surface area contributed by atoms with Gasteiger partial charge in [0, 0.05) is 29.8 Å². The van der Waals surface area contributed by atoms with Crippen LogP contribution >= 0.6 is 0 Å². The Morgan fingerprint density at radius 1 is 1.13 bits per heavy atom. The Balaban J connectivity index is 1.86. The maximum Gasteiger partial charge on any atom is 0.303 e. The second-order valence-electron chi connectivity index (χ2n) is 7.96. The first-order valence-corrected chi connectivity index (χ1v) is 10.5. The van der Waals surface area contributed by atoms with Crippen molar-refractivity contribution in [3.05, 3.63) is 64.7 Å². The predicted octanol–water partition coefficient (Wildman–Crippen LogP) is 4.00. The molecule has 6 nitrogen and oxygen atoms in total. The zero-order chi connectivity index (χ0) is 21.7. The third-order valence-corrected chi connectivity index (χ3v) is 5.72. The number of hydrogen-bond acceptors (Lipinski definition) is 3. The minimum Gasteiger partial charge on any atom is -0.481 e. The maximum absolute atomic E-state index is 13.4. The summed E-state index contributed by atoms with van der Waals surface area (Å²) in [4.78, 5) is 26.2. The molecular formula is C24H29N3O3. The fraction of sp³-hybridized carbons (Fsp3) is 0.375. The van der Waals surface area contributed by atoms with E-state index in [2.05, 4.69) is 6.92 Å². The number of nitrogens with one attached hydrogen (secondary N) is 1. The molecule has 3 rings (SSSR count). The van der Waals surface area contributed by atoms with Crippen LogP contribution in [0.4, 0.5) is 5.69 Å². The Hall–Kier alpha value is -3.15. The largest absolute Gasteiger partial charge is 0.481 e. The van der Waals surface area contributed by atoms with Crippen LogP contribution in [0, 0.1) is 11.3 Å². The van der Waals surface area contributed by atoms with E-state index in [1.807, 2.05) is 30.3 Å². The van der Waals surface area contributed by atoms with Gasteiger partial charge in [-0.1, -0.05) is 19.4 Å². The highest BCUT2D eigenvalue weighted by Gasteiger charge is 2.24. The lowest BCUT2D eigenvalue weighted by atomic mass is 9.81. The number of aryl methyl sites for hydroxylation is 1. The van der Waals surface area contributed by atoms with Crippen molar-refractivity contribution in [1.82, 2.24) is 0 Å². The standard InChI is InChI=1S/C24H29N3O3/c1-2-3-12-27(21-10-8-18(9-11-21)23(25)26)24(30)19-7-6-17-5-4-16(14-22(28)29)13-20(17)15-19/h6-11,15-16H,2-5,12-14H2,1H3,(H3,25,26)(H,28,29). The van der Waals surface area contributed by atoms with Gasteiger partial charge in [0.15, 0.2) is 0 Å². The van der Waals surface area contributed by atoms with Crippen LogP contribution in [0.1, 0.15) is 59.7 Å². The van der Waals surface area contributed by atoms with E-state index < -0.39 is 5.97 Å². The number of hydrogen-bond donors (Lipinski definition) is 3. The predicted molar refractivity (Wildman–Crippen MR) is 118 cm³/mol. The van der Waals surface area contributed by atoms with Crippen LogP contribution in [0.15, 0.2) is 42.5 Å². The lowest BCUT2D eigenvalue weighted by Gasteiger charge is -2.26. The first kappa shape index (κ1) is 21.6. The van der Waals surface area contributed by atoms with E-state index in [4.69, 9.17) is 16.2 Å². The van der Waals surface area contributed by atoms with Crippen LogP contribution in [-0.2, 0) is 17.6 Å². The second kappa shape index (κ2) is 9.57. The number of aliphatic carboxylic acids is 1. The number of rotatable bonds is 8. The molecule has 1 amide bonds. The lowest BCUT2D eigenvalue weighted by molar-refractivity contribution is -0.138. The van der Waals surface area contributed by atoms with E-state index in [1.165, 1.54) is 5.56 Å². The molecule has 0 saturated carbocycles. The number of nitrogen functional groups attached to an aromatic ring is 1. The summed E-state index contributed by atoms with van der Waals surface area (Å²) in [7, 11) is 0. The van der Waals surface area contributed by atoms with Crippen LogP contribution in [0.2, 0.25) is 0 Å². The summed E-state index contributed by atoms with van der Waals surface area (Å²) < 4.78 is 0. The molecule has 1 aliphatic rings. The molecule has 158 valence electrons. The van der Waals surface area contributed by atoms with Crippen LogP contribution in [-0.4, -0.2) is 29.4 Å². The van der Waals surface area contributed by atoms with E-state index in [-0.39, 0.29) is 24.1 Å². The van der Waals surface area contributed by atoms with Crippen molar-refractivity contribution < 1.29 is 14.7 Å². The molecule has 0 radical (unpaired) electrons. The molecule has 30 heavy (non-hydrogen) atoms. The Bertz CT molecular complexity index is 937. The highest BCUT2D eigenvalue weighted by atomic mass is 16.4. The van der Waals surface area contributed by atoms with E-state index in [0.717, 1.165) is 36.9 Å². The minimum absolute atomic E-state index is 0.00131. The second-order valence-corrected chi connectivity index (χ2v) is 7.96. The highest BCUT2D eigenvalue weighted by molar-refractivity contribution is 6.06. The summed E-state index contributed by atoms with van der Waals surface area (Å²) in [6.45, 7) is 2.69. The Kier molecular flexibility index (Phi) is 6.87. The average molecular weight is 408 g/mol. The van der Waals surface area contributed by atoms with Crippen molar-refractivity contribution in [2.75, 3.05) is 11.4 Å². The van der Waals surface area contributed by atoms with Crippen molar-refractivity contribution in [2.24, 2.45) is 11.7 Å². The molecule has 0 aromatic heterocycles. The van der Waals surface area contributed by atoms with Crippen molar-refractivity contribution in [3.8, 4) is 0 Å². The van der Waals surface area contributed by atoms with Crippen molar-refractivity contribution in [3.63, 3.8) is 0 Å². The van der Waals surface area contributed by atoms with Crippen LogP contribution < -0.4 is 10.6 Å². The molecule has 4 N–H and O–H groups in total. The topological polar surface area (TPSA) is 107 Å². The monoisotopic (exact) mass is 407 g/mol. The molecule has 6 heteroatoms. The molecular weight excluding hydrogens is 378 g/mol. The molecule has 0 saturated heterocycles. The normalized spacial score (nSPS) is 15.3. The number of amidine groups is 1. The number of carbonyl (C=O) groups is 2. The zero-order valence-corrected chi connectivity index (χ0v) is 17.4. The first-order valence-electron chi connectivity index (χ1n) is 10.5. The molecule has 0 bridgehead atoms. The van der Waals surface area contributed by atoms with Gasteiger partial charge in [-0.25, -0.2) is 0 Å². The molecule has 0 fully saturated rings. The van der Waals surface area contributed by atoms with E-state index in [0.29, 0.717) is 24.1 Å². The number of fused-ring (bicyclic) bond motifs is 1. The maximum atomic E-state index is 13.4. The number of carbonyl (C=O) groups excluding carboxylic acids is 1. The quantitative estimate of drug-likeness (QED) is 0.454. The van der Waals surface area contributed by atoms with Crippen molar-refractivity contribution in [2.45, 2.75) is 45.4 Å². The van der Waals surface area contributed by atoms with E-state index >= 15 is 0 Å². The zero-order valence-electron chi connectivity index (χ0n) is 17.4. The van der Waals surface area contributed by atoms with E-state index in [1.54, 1.807) is 17.0 Å². The SMILES string of the molecule is CCCCN(C(=O)c1ccc2c(c1)CC(CC(=O)O)CC2)c1ccc(C(=N)N)cc1. The number of carboxylic acid groups (broad SMARTS) is 1. The van der Waals surface area contributed by atoms with E-state index in [9.17, 15) is 9.59 Å². The summed E-state index contributed by atoms with van der Waals surface area (Å²) >= 11 is 0. The Morgan fingerprint density at radius 2 is 1.83 bits per heavy atom. The van der Waals surface area contributed by atoms with Crippen LogP contribution in [0.25, 0.3) is 0 Å². The number of nitrogens with zero attached hydrogens (tertiary/aromatic N) is 1. The molecule has 1 unspecified atom stereocenters. The number of benzene rings is 2.